The lowest BCUT2D eigenvalue weighted by Gasteiger charge is -2.36. The lowest BCUT2D eigenvalue weighted by molar-refractivity contribution is 0.283. The highest BCUT2D eigenvalue weighted by atomic mass is 15.3. The van der Waals surface area contributed by atoms with E-state index in [9.17, 15) is 0 Å². The van der Waals surface area contributed by atoms with Crippen molar-refractivity contribution >= 4 is 17.8 Å². The smallest absolute Gasteiger partial charge is 0.227 e. The number of piperazine rings is 1. The standard InChI is InChI=1S/C24H33N5/c1-20-8-6-13-29(19-20)24-25-21(2)18-23(26-24)28-16-14-27(15-17-28)12-7-11-22-9-4-3-5-10-22/h3-5,7,9-11,18,20H,6,8,12-17,19H2,1-2H3/b11-7+. The van der Waals surface area contributed by atoms with Crippen LogP contribution in [0.1, 0.15) is 31.0 Å². The molecule has 2 aliphatic heterocycles. The van der Waals surface area contributed by atoms with E-state index in [0.717, 1.165) is 69.2 Å². The molecule has 1 atom stereocenters. The molecule has 2 aromatic rings. The van der Waals surface area contributed by atoms with Gasteiger partial charge in [-0.15, -0.1) is 0 Å². The quantitative estimate of drug-likeness (QED) is 0.773. The summed E-state index contributed by atoms with van der Waals surface area (Å²) < 4.78 is 0. The van der Waals surface area contributed by atoms with Gasteiger partial charge in [-0.25, -0.2) is 4.98 Å². The minimum Gasteiger partial charge on any atom is -0.354 e. The molecule has 5 nitrogen and oxygen atoms in total. The van der Waals surface area contributed by atoms with Gasteiger partial charge in [-0.1, -0.05) is 49.4 Å². The summed E-state index contributed by atoms with van der Waals surface area (Å²) in [4.78, 5) is 17.0. The fourth-order valence-electron chi connectivity index (χ4n) is 4.27. The first kappa shape index (κ1) is 19.9. The lowest BCUT2D eigenvalue weighted by Crippen LogP contribution is -2.46. The molecule has 2 fully saturated rings. The maximum Gasteiger partial charge on any atom is 0.227 e. The number of benzene rings is 1. The molecule has 0 N–H and O–H groups in total. The van der Waals surface area contributed by atoms with Crippen molar-refractivity contribution in [3.05, 3.63) is 53.7 Å². The Morgan fingerprint density at radius 3 is 2.55 bits per heavy atom. The van der Waals surface area contributed by atoms with Gasteiger partial charge in [0.15, 0.2) is 0 Å². The van der Waals surface area contributed by atoms with Crippen molar-refractivity contribution in [1.82, 2.24) is 14.9 Å². The summed E-state index contributed by atoms with van der Waals surface area (Å²) in [7, 11) is 0. The maximum absolute atomic E-state index is 4.95. The molecule has 1 aromatic heterocycles. The van der Waals surface area contributed by atoms with Crippen LogP contribution in [0.3, 0.4) is 0 Å². The van der Waals surface area contributed by atoms with Crippen molar-refractivity contribution in [1.29, 1.82) is 0 Å². The Bertz CT molecular complexity index is 811. The number of nitrogens with zero attached hydrogens (tertiary/aromatic N) is 5. The maximum atomic E-state index is 4.95. The van der Waals surface area contributed by atoms with E-state index in [1.807, 2.05) is 0 Å². The highest BCUT2D eigenvalue weighted by Crippen LogP contribution is 2.23. The van der Waals surface area contributed by atoms with Crippen LogP contribution in [0.5, 0.6) is 0 Å². The number of hydrogen-bond donors (Lipinski definition) is 0. The van der Waals surface area contributed by atoms with E-state index in [2.05, 4.69) is 77.1 Å². The minimum atomic E-state index is 0.726. The summed E-state index contributed by atoms with van der Waals surface area (Å²) in [6.45, 7) is 11.7. The van der Waals surface area contributed by atoms with Gasteiger partial charge in [0, 0.05) is 57.6 Å². The number of anilines is 2. The average Bonchev–Trinajstić information content (AvgIpc) is 2.75. The normalized spacial score (nSPS) is 21.1. The molecule has 29 heavy (non-hydrogen) atoms. The van der Waals surface area contributed by atoms with Crippen LogP contribution in [0.4, 0.5) is 11.8 Å². The molecule has 1 aromatic carbocycles. The predicted molar refractivity (Wildman–Crippen MR) is 122 cm³/mol. The first-order valence-corrected chi connectivity index (χ1v) is 11.0. The first-order chi connectivity index (χ1) is 14.2. The third-order valence-corrected chi connectivity index (χ3v) is 5.94. The summed E-state index contributed by atoms with van der Waals surface area (Å²) >= 11 is 0. The molecule has 0 saturated carbocycles. The lowest BCUT2D eigenvalue weighted by atomic mass is 10.0. The second kappa shape index (κ2) is 9.40. The molecule has 154 valence electrons. The Kier molecular flexibility index (Phi) is 6.45. The van der Waals surface area contributed by atoms with Gasteiger partial charge in [-0.3, -0.25) is 4.90 Å². The molecule has 3 heterocycles. The number of rotatable bonds is 5. The van der Waals surface area contributed by atoms with Crippen LogP contribution in [-0.4, -0.2) is 60.7 Å². The summed E-state index contributed by atoms with van der Waals surface area (Å²) in [6.07, 6.45) is 7.04. The second-order valence-electron chi connectivity index (χ2n) is 8.46. The molecular formula is C24H33N5. The Balaban J connectivity index is 1.34. The Morgan fingerprint density at radius 1 is 1.00 bits per heavy atom. The van der Waals surface area contributed by atoms with Crippen molar-refractivity contribution in [3.63, 3.8) is 0 Å². The minimum absolute atomic E-state index is 0.726. The van der Waals surface area contributed by atoms with Crippen LogP contribution >= 0.6 is 0 Å². The number of hydrogen-bond acceptors (Lipinski definition) is 5. The van der Waals surface area contributed by atoms with E-state index in [-0.39, 0.29) is 0 Å². The molecule has 0 bridgehead atoms. The highest BCUT2D eigenvalue weighted by molar-refractivity contribution is 5.49. The number of piperidine rings is 1. The van der Waals surface area contributed by atoms with Crippen LogP contribution in [0.25, 0.3) is 6.08 Å². The third-order valence-electron chi connectivity index (χ3n) is 5.94. The van der Waals surface area contributed by atoms with E-state index in [4.69, 9.17) is 9.97 Å². The van der Waals surface area contributed by atoms with E-state index < -0.39 is 0 Å². The predicted octanol–water partition coefficient (Wildman–Crippen LogP) is 3.86. The molecule has 2 saturated heterocycles. The number of aromatic nitrogens is 2. The van der Waals surface area contributed by atoms with Crippen LogP contribution < -0.4 is 9.80 Å². The molecule has 4 rings (SSSR count). The van der Waals surface area contributed by atoms with Crippen LogP contribution in [0.2, 0.25) is 0 Å². The second-order valence-corrected chi connectivity index (χ2v) is 8.46. The SMILES string of the molecule is Cc1cc(N2CCN(C/C=C/c3ccccc3)CC2)nc(N2CCCC(C)C2)n1. The molecule has 0 spiro atoms. The van der Waals surface area contributed by atoms with E-state index in [1.54, 1.807) is 0 Å². The van der Waals surface area contributed by atoms with Gasteiger partial charge in [-0.2, -0.15) is 4.98 Å². The van der Waals surface area contributed by atoms with E-state index in [1.165, 1.54) is 18.4 Å². The van der Waals surface area contributed by atoms with Crippen molar-refractivity contribution in [2.75, 3.05) is 55.6 Å². The fourth-order valence-corrected chi connectivity index (χ4v) is 4.27. The first-order valence-electron chi connectivity index (χ1n) is 11.0. The zero-order chi connectivity index (χ0) is 20.1. The van der Waals surface area contributed by atoms with Gasteiger partial charge in [-0.05, 0) is 31.2 Å². The summed E-state index contributed by atoms with van der Waals surface area (Å²) in [5, 5.41) is 0. The van der Waals surface area contributed by atoms with Crippen LogP contribution in [0, 0.1) is 12.8 Å². The molecule has 0 radical (unpaired) electrons. The largest absolute Gasteiger partial charge is 0.354 e. The zero-order valence-electron chi connectivity index (χ0n) is 17.8. The van der Waals surface area contributed by atoms with Gasteiger partial charge in [0.05, 0.1) is 0 Å². The average molecular weight is 392 g/mol. The fraction of sp³-hybridized carbons (Fsp3) is 0.500. The van der Waals surface area contributed by atoms with Crippen LogP contribution in [0.15, 0.2) is 42.5 Å². The van der Waals surface area contributed by atoms with Gasteiger partial charge in [0.1, 0.15) is 5.82 Å². The van der Waals surface area contributed by atoms with Gasteiger partial charge >= 0.3 is 0 Å². The van der Waals surface area contributed by atoms with E-state index >= 15 is 0 Å². The topological polar surface area (TPSA) is 35.5 Å². The monoisotopic (exact) mass is 391 g/mol. The van der Waals surface area contributed by atoms with E-state index in [0.29, 0.717) is 0 Å². The molecule has 1 unspecified atom stereocenters. The Morgan fingerprint density at radius 2 is 1.79 bits per heavy atom. The van der Waals surface area contributed by atoms with Gasteiger partial charge in [0.2, 0.25) is 5.95 Å². The summed E-state index contributed by atoms with van der Waals surface area (Å²) in [6, 6.07) is 12.7. The summed E-state index contributed by atoms with van der Waals surface area (Å²) in [5.74, 6) is 2.73. The Labute approximate surface area is 175 Å². The van der Waals surface area contributed by atoms with Crippen molar-refractivity contribution in [2.45, 2.75) is 26.7 Å². The summed E-state index contributed by atoms with van der Waals surface area (Å²) in [5.41, 5.74) is 2.33. The molecule has 5 heteroatoms. The van der Waals surface area contributed by atoms with Crippen LogP contribution in [-0.2, 0) is 0 Å². The molecule has 2 aliphatic rings. The molecule has 0 amide bonds. The van der Waals surface area contributed by atoms with Crippen molar-refractivity contribution < 1.29 is 0 Å². The van der Waals surface area contributed by atoms with Crippen molar-refractivity contribution in [2.24, 2.45) is 5.92 Å². The van der Waals surface area contributed by atoms with Crippen molar-refractivity contribution in [3.8, 4) is 0 Å². The van der Waals surface area contributed by atoms with Gasteiger partial charge < -0.3 is 9.80 Å². The van der Waals surface area contributed by atoms with Gasteiger partial charge in [0.25, 0.3) is 0 Å². The Hall–Kier alpha value is -2.40. The molecule has 0 aliphatic carbocycles. The highest BCUT2D eigenvalue weighted by Gasteiger charge is 2.22. The third kappa shape index (κ3) is 5.36. The zero-order valence-corrected chi connectivity index (χ0v) is 17.8. The molecular weight excluding hydrogens is 358 g/mol. The number of aryl methyl sites for hydroxylation is 1.